The maximum atomic E-state index is 12.7. The van der Waals surface area contributed by atoms with Crippen molar-refractivity contribution in [3.63, 3.8) is 0 Å². The van der Waals surface area contributed by atoms with E-state index in [1.807, 2.05) is 38.1 Å². The van der Waals surface area contributed by atoms with Crippen LogP contribution in [0.3, 0.4) is 0 Å². The molecule has 2 N–H and O–H groups in total. The first-order chi connectivity index (χ1) is 14.3. The molecule has 156 valence electrons. The summed E-state index contributed by atoms with van der Waals surface area (Å²) < 4.78 is 7.60. The van der Waals surface area contributed by atoms with E-state index in [1.54, 1.807) is 35.9 Å². The number of carbonyl (C=O) groups excluding carboxylic acids is 2. The van der Waals surface area contributed by atoms with Gasteiger partial charge in [-0.05, 0) is 49.2 Å². The molecule has 0 aliphatic heterocycles. The minimum absolute atomic E-state index is 0.213. The summed E-state index contributed by atoms with van der Waals surface area (Å²) in [5.41, 5.74) is 2.63. The first kappa shape index (κ1) is 21.5. The van der Waals surface area contributed by atoms with Gasteiger partial charge >= 0.3 is 6.09 Å². The van der Waals surface area contributed by atoms with Crippen LogP contribution in [0.5, 0.6) is 0 Å². The Morgan fingerprint density at radius 1 is 1.10 bits per heavy atom. The standard InChI is InChI=1S/C21H22BrN5O3/c1-13(2)12-30-21(29)24-17-8-5-7-16(11-17)23-20(28)19-14(3)27(26-25-19)18-9-4-6-15(22)10-18/h4-11,13H,12H2,1-3H3,(H,23,28)(H,24,29). The van der Waals surface area contributed by atoms with Gasteiger partial charge in [-0.15, -0.1) is 5.10 Å². The number of amides is 2. The maximum Gasteiger partial charge on any atom is 0.411 e. The van der Waals surface area contributed by atoms with E-state index in [0.29, 0.717) is 23.7 Å². The van der Waals surface area contributed by atoms with Gasteiger partial charge < -0.3 is 10.1 Å². The second kappa shape index (κ2) is 9.53. The van der Waals surface area contributed by atoms with Crippen LogP contribution < -0.4 is 10.6 Å². The predicted molar refractivity (Wildman–Crippen MR) is 118 cm³/mol. The number of hydrogen-bond acceptors (Lipinski definition) is 5. The number of benzene rings is 2. The quantitative estimate of drug-likeness (QED) is 0.538. The van der Waals surface area contributed by atoms with E-state index in [4.69, 9.17) is 4.74 Å². The van der Waals surface area contributed by atoms with Crippen molar-refractivity contribution in [3.8, 4) is 5.69 Å². The van der Waals surface area contributed by atoms with Gasteiger partial charge in [0, 0.05) is 15.8 Å². The first-order valence-electron chi connectivity index (χ1n) is 9.37. The molecule has 0 spiro atoms. The molecule has 0 radical (unpaired) electrons. The average Bonchev–Trinajstić information content (AvgIpc) is 3.08. The fourth-order valence-electron chi connectivity index (χ4n) is 2.65. The molecule has 8 nitrogen and oxygen atoms in total. The van der Waals surface area contributed by atoms with Crippen molar-refractivity contribution in [2.24, 2.45) is 5.92 Å². The van der Waals surface area contributed by atoms with Gasteiger partial charge in [0.1, 0.15) is 0 Å². The largest absolute Gasteiger partial charge is 0.449 e. The Kier molecular flexibility index (Phi) is 6.83. The molecule has 1 heterocycles. The number of halogens is 1. The lowest BCUT2D eigenvalue weighted by molar-refractivity contribution is 0.102. The van der Waals surface area contributed by atoms with Gasteiger partial charge in [0.2, 0.25) is 0 Å². The van der Waals surface area contributed by atoms with Gasteiger partial charge in [-0.2, -0.15) is 0 Å². The Morgan fingerprint density at radius 2 is 1.80 bits per heavy atom. The van der Waals surface area contributed by atoms with Crippen LogP contribution in [0.4, 0.5) is 16.2 Å². The van der Waals surface area contributed by atoms with Crippen LogP contribution >= 0.6 is 15.9 Å². The summed E-state index contributed by atoms with van der Waals surface area (Å²) in [6, 6.07) is 14.3. The van der Waals surface area contributed by atoms with Crippen molar-refractivity contribution in [3.05, 3.63) is 64.4 Å². The third kappa shape index (κ3) is 5.44. The average molecular weight is 472 g/mol. The van der Waals surface area contributed by atoms with Gasteiger partial charge in [0.15, 0.2) is 5.69 Å². The summed E-state index contributed by atoms with van der Waals surface area (Å²) in [7, 11) is 0. The van der Waals surface area contributed by atoms with Crippen LogP contribution in [0.1, 0.15) is 30.0 Å². The van der Waals surface area contributed by atoms with Crippen LogP contribution in [0.2, 0.25) is 0 Å². The lowest BCUT2D eigenvalue weighted by atomic mass is 10.2. The highest BCUT2D eigenvalue weighted by atomic mass is 79.9. The van der Waals surface area contributed by atoms with Crippen LogP contribution in [-0.2, 0) is 4.74 Å². The fraction of sp³-hybridized carbons (Fsp3) is 0.238. The summed E-state index contributed by atoms with van der Waals surface area (Å²) in [4.78, 5) is 24.5. The van der Waals surface area contributed by atoms with E-state index in [0.717, 1.165) is 10.2 Å². The van der Waals surface area contributed by atoms with Crippen molar-refractivity contribution in [1.82, 2.24) is 15.0 Å². The maximum absolute atomic E-state index is 12.7. The molecule has 0 atom stereocenters. The molecule has 0 fully saturated rings. The molecule has 0 aliphatic rings. The molecular formula is C21H22BrN5O3. The summed E-state index contributed by atoms with van der Waals surface area (Å²) in [5, 5.41) is 13.5. The molecule has 30 heavy (non-hydrogen) atoms. The number of aromatic nitrogens is 3. The Morgan fingerprint density at radius 3 is 2.50 bits per heavy atom. The van der Waals surface area contributed by atoms with Gasteiger partial charge in [-0.1, -0.05) is 47.1 Å². The van der Waals surface area contributed by atoms with Crippen molar-refractivity contribution in [1.29, 1.82) is 0 Å². The highest BCUT2D eigenvalue weighted by molar-refractivity contribution is 9.10. The lowest BCUT2D eigenvalue weighted by Crippen LogP contribution is -2.17. The zero-order valence-electron chi connectivity index (χ0n) is 16.8. The predicted octanol–water partition coefficient (Wildman–Crippen LogP) is 4.80. The number of carbonyl (C=O) groups is 2. The summed E-state index contributed by atoms with van der Waals surface area (Å²) >= 11 is 3.42. The smallest absolute Gasteiger partial charge is 0.411 e. The Hall–Kier alpha value is -3.20. The SMILES string of the molecule is Cc1c(C(=O)Nc2cccc(NC(=O)OCC(C)C)c2)nnn1-c1cccc(Br)c1. The fourth-order valence-corrected chi connectivity index (χ4v) is 3.04. The molecule has 0 aliphatic carbocycles. The van der Waals surface area contributed by atoms with E-state index in [2.05, 4.69) is 36.9 Å². The van der Waals surface area contributed by atoms with E-state index in [9.17, 15) is 9.59 Å². The molecule has 2 aromatic carbocycles. The summed E-state index contributed by atoms with van der Waals surface area (Å²) in [6.07, 6.45) is -0.542. The molecule has 0 saturated carbocycles. The summed E-state index contributed by atoms with van der Waals surface area (Å²) in [5.74, 6) is -0.150. The van der Waals surface area contributed by atoms with Crippen molar-refractivity contribution in [2.75, 3.05) is 17.2 Å². The van der Waals surface area contributed by atoms with Crippen molar-refractivity contribution < 1.29 is 14.3 Å². The van der Waals surface area contributed by atoms with Gasteiger partial charge in [-0.3, -0.25) is 10.1 Å². The van der Waals surface area contributed by atoms with Crippen LogP contribution in [0, 0.1) is 12.8 Å². The van der Waals surface area contributed by atoms with Crippen LogP contribution in [0.25, 0.3) is 5.69 Å². The molecule has 9 heteroatoms. The molecule has 3 rings (SSSR count). The highest BCUT2D eigenvalue weighted by Crippen LogP contribution is 2.19. The Balaban J connectivity index is 1.70. The van der Waals surface area contributed by atoms with Gasteiger partial charge in [0.25, 0.3) is 5.91 Å². The number of ether oxygens (including phenoxy) is 1. The number of nitrogens with zero attached hydrogens (tertiary/aromatic N) is 3. The zero-order valence-corrected chi connectivity index (χ0v) is 18.4. The van der Waals surface area contributed by atoms with E-state index in [1.165, 1.54) is 0 Å². The zero-order chi connectivity index (χ0) is 21.7. The van der Waals surface area contributed by atoms with Crippen molar-refractivity contribution >= 4 is 39.3 Å². The van der Waals surface area contributed by atoms with E-state index < -0.39 is 12.0 Å². The number of rotatable bonds is 6. The third-order valence-corrected chi connectivity index (χ3v) is 4.57. The first-order valence-corrected chi connectivity index (χ1v) is 10.2. The topological polar surface area (TPSA) is 98.1 Å². The molecule has 0 saturated heterocycles. The molecule has 1 aromatic heterocycles. The van der Waals surface area contributed by atoms with Gasteiger partial charge in [0.05, 0.1) is 18.0 Å². The number of anilines is 2. The number of hydrogen-bond donors (Lipinski definition) is 2. The van der Waals surface area contributed by atoms with Crippen LogP contribution in [0.15, 0.2) is 53.0 Å². The second-order valence-corrected chi connectivity index (χ2v) is 7.98. The number of nitrogens with one attached hydrogen (secondary N) is 2. The molecule has 0 bridgehead atoms. The highest BCUT2D eigenvalue weighted by Gasteiger charge is 2.18. The Bertz CT molecular complexity index is 1060. The van der Waals surface area contributed by atoms with Crippen LogP contribution in [-0.4, -0.2) is 33.6 Å². The molecule has 2 amide bonds. The molecule has 3 aromatic rings. The van der Waals surface area contributed by atoms with Gasteiger partial charge in [-0.25, -0.2) is 9.48 Å². The second-order valence-electron chi connectivity index (χ2n) is 7.07. The minimum atomic E-state index is -0.542. The van der Waals surface area contributed by atoms with E-state index >= 15 is 0 Å². The molecule has 0 unspecified atom stereocenters. The summed E-state index contributed by atoms with van der Waals surface area (Å²) in [6.45, 7) is 6.02. The monoisotopic (exact) mass is 471 g/mol. The van der Waals surface area contributed by atoms with Crippen molar-refractivity contribution in [2.45, 2.75) is 20.8 Å². The third-order valence-electron chi connectivity index (χ3n) is 4.08. The lowest BCUT2D eigenvalue weighted by Gasteiger charge is -2.10. The Labute approximate surface area is 182 Å². The normalized spacial score (nSPS) is 10.7. The molecular weight excluding hydrogens is 450 g/mol. The van der Waals surface area contributed by atoms with E-state index in [-0.39, 0.29) is 11.6 Å². The minimum Gasteiger partial charge on any atom is -0.449 e.